The monoisotopic (exact) mass is 390 g/mol. The van der Waals surface area contributed by atoms with Crippen molar-refractivity contribution in [3.63, 3.8) is 0 Å². The SMILES string of the molecule is Cc1nc2n(n1)[C@@H](c1cccc(Cl)c1)C1=C(C[C@@H](c3ccccc3)CC1=O)N2. The fourth-order valence-corrected chi connectivity index (χ4v) is 4.46. The van der Waals surface area contributed by atoms with E-state index in [1.54, 1.807) is 4.68 Å². The van der Waals surface area contributed by atoms with Gasteiger partial charge in [0.1, 0.15) is 11.9 Å². The largest absolute Gasteiger partial charge is 0.328 e. The van der Waals surface area contributed by atoms with E-state index < -0.39 is 0 Å². The Morgan fingerprint density at radius 3 is 2.64 bits per heavy atom. The third-order valence-corrected chi connectivity index (χ3v) is 5.70. The summed E-state index contributed by atoms with van der Waals surface area (Å²) in [6.45, 7) is 1.86. The number of fused-ring (bicyclic) bond motifs is 1. The van der Waals surface area contributed by atoms with Crippen LogP contribution in [0.25, 0.3) is 0 Å². The Labute approximate surface area is 168 Å². The van der Waals surface area contributed by atoms with Gasteiger partial charge >= 0.3 is 0 Å². The summed E-state index contributed by atoms with van der Waals surface area (Å²) in [5, 5.41) is 8.58. The Morgan fingerprint density at radius 2 is 1.86 bits per heavy atom. The van der Waals surface area contributed by atoms with Gasteiger partial charge in [0.2, 0.25) is 5.95 Å². The minimum atomic E-state index is -0.310. The summed E-state index contributed by atoms with van der Waals surface area (Å²) in [6, 6.07) is 17.5. The van der Waals surface area contributed by atoms with Gasteiger partial charge < -0.3 is 5.32 Å². The molecule has 6 heteroatoms. The molecular weight excluding hydrogens is 372 g/mol. The molecule has 2 aromatic carbocycles. The molecule has 0 unspecified atom stereocenters. The van der Waals surface area contributed by atoms with E-state index in [2.05, 4.69) is 27.5 Å². The van der Waals surface area contributed by atoms with Gasteiger partial charge in [0, 0.05) is 22.7 Å². The highest BCUT2D eigenvalue weighted by atomic mass is 35.5. The smallest absolute Gasteiger partial charge is 0.226 e. The van der Waals surface area contributed by atoms with Crippen LogP contribution in [0, 0.1) is 6.92 Å². The van der Waals surface area contributed by atoms with Crippen LogP contribution >= 0.6 is 11.6 Å². The minimum Gasteiger partial charge on any atom is -0.328 e. The molecule has 1 N–H and O–H groups in total. The predicted octanol–water partition coefficient (Wildman–Crippen LogP) is 4.66. The second-order valence-electron chi connectivity index (χ2n) is 7.34. The van der Waals surface area contributed by atoms with Crippen molar-refractivity contribution in [3.8, 4) is 0 Å². The van der Waals surface area contributed by atoms with Crippen LogP contribution in [0.1, 0.15) is 41.8 Å². The molecule has 0 fully saturated rings. The number of allylic oxidation sites excluding steroid dienone is 2. The molecule has 0 bridgehead atoms. The minimum absolute atomic E-state index is 0.145. The van der Waals surface area contributed by atoms with E-state index in [0.717, 1.165) is 23.3 Å². The predicted molar refractivity (Wildman–Crippen MR) is 108 cm³/mol. The van der Waals surface area contributed by atoms with Gasteiger partial charge in [0.05, 0.1) is 0 Å². The van der Waals surface area contributed by atoms with Crippen molar-refractivity contribution < 1.29 is 4.79 Å². The number of hydrogen-bond acceptors (Lipinski definition) is 4. The second-order valence-corrected chi connectivity index (χ2v) is 7.78. The lowest BCUT2D eigenvalue weighted by molar-refractivity contribution is -0.116. The molecule has 2 atom stereocenters. The van der Waals surface area contributed by atoms with E-state index in [-0.39, 0.29) is 17.7 Å². The summed E-state index contributed by atoms with van der Waals surface area (Å²) in [7, 11) is 0. The van der Waals surface area contributed by atoms with E-state index in [1.165, 1.54) is 5.56 Å². The number of ketones is 1. The third kappa shape index (κ3) is 2.83. The Morgan fingerprint density at radius 1 is 1.07 bits per heavy atom. The number of hydrogen-bond donors (Lipinski definition) is 1. The number of Topliss-reactive ketones (excluding diaryl/α,β-unsaturated/α-hetero) is 1. The first-order valence-corrected chi connectivity index (χ1v) is 9.75. The molecular formula is C22H19ClN4O. The van der Waals surface area contributed by atoms with Crippen molar-refractivity contribution in [1.82, 2.24) is 14.8 Å². The van der Waals surface area contributed by atoms with Crippen LogP contribution in [0.3, 0.4) is 0 Å². The topological polar surface area (TPSA) is 59.8 Å². The molecule has 3 aromatic rings. The number of rotatable bonds is 2. The average Bonchev–Trinajstić information content (AvgIpc) is 3.06. The lowest BCUT2D eigenvalue weighted by Crippen LogP contribution is -2.33. The maximum absolute atomic E-state index is 13.3. The summed E-state index contributed by atoms with van der Waals surface area (Å²) < 4.78 is 1.81. The number of anilines is 1. The van der Waals surface area contributed by atoms with Gasteiger partial charge in [0.15, 0.2) is 5.78 Å². The maximum Gasteiger partial charge on any atom is 0.226 e. The molecule has 0 spiro atoms. The molecule has 0 radical (unpaired) electrons. The molecule has 1 aromatic heterocycles. The average molecular weight is 391 g/mol. The Bertz CT molecular complexity index is 1100. The number of carbonyl (C=O) groups is 1. The highest BCUT2D eigenvalue weighted by molar-refractivity contribution is 6.30. The van der Waals surface area contributed by atoms with Gasteiger partial charge in [0.25, 0.3) is 0 Å². The zero-order chi connectivity index (χ0) is 19.3. The highest BCUT2D eigenvalue weighted by Gasteiger charge is 2.39. The summed E-state index contributed by atoms with van der Waals surface area (Å²) in [6.07, 6.45) is 1.26. The number of nitrogens with one attached hydrogen (secondary N) is 1. The summed E-state index contributed by atoms with van der Waals surface area (Å²) in [5.41, 5.74) is 3.84. The normalized spacial score (nSPS) is 21.1. The van der Waals surface area contributed by atoms with Crippen LogP contribution in [0.4, 0.5) is 5.95 Å². The van der Waals surface area contributed by atoms with Crippen molar-refractivity contribution in [3.05, 3.63) is 87.8 Å². The molecule has 1 aliphatic heterocycles. The van der Waals surface area contributed by atoms with Crippen LogP contribution in [0.15, 0.2) is 65.9 Å². The van der Waals surface area contributed by atoms with E-state index in [9.17, 15) is 4.79 Å². The summed E-state index contributed by atoms with van der Waals surface area (Å²) in [5.74, 6) is 1.64. The number of halogens is 1. The quantitative estimate of drug-likeness (QED) is 0.691. The molecule has 140 valence electrons. The lowest BCUT2D eigenvalue weighted by Gasteiger charge is -2.35. The highest BCUT2D eigenvalue weighted by Crippen LogP contribution is 2.44. The number of carbonyl (C=O) groups excluding carboxylic acids is 1. The Hall–Kier alpha value is -2.92. The molecule has 28 heavy (non-hydrogen) atoms. The molecule has 2 heterocycles. The molecule has 1 aliphatic carbocycles. The Balaban J connectivity index is 1.63. The van der Waals surface area contributed by atoms with E-state index in [1.807, 2.05) is 49.4 Å². The van der Waals surface area contributed by atoms with Crippen molar-refractivity contribution in [1.29, 1.82) is 0 Å². The van der Waals surface area contributed by atoms with Gasteiger partial charge in [-0.25, -0.2) is 4.68 Å². The van der Waals surface area contributed by atoms with Crippen LogP contribution < -0.4 is 5.32 Å². The Kier molecular flexibility index (Phi) is 4.05. The molecule has 5 rings (SSSR count). The first kappa shape index (κ1) is 17.2. The number of aromatic nitrogens is 3. The summed E-state index contributed by atoms with van der Waals surface area (Å²) >= 11 is 6.25. The molecule has 0 amide bonds. The first-order valence-electron chi connectivity index (χ1n) is 9.37. The first-order chi connectivity index (χ1) is 13.6. The molecule has 0 saturated heterocycles. The number of benzene rings is 2. The van der Waals surface area contributed by atoms with E-state index >= 15 is 0 Å². The molecule has 5 nitrogen and oxygen atoms in total. The standard InChI is InChI=1S/C22H19ClN4O/c1-13-24-22-25-18-11-16(14-6-3-2-4-7-14)12-19(28)20(18)21(27(22)26-13)15-8-5-9-17(23)10-15/h2-10,16,21H,11-12H2,1H3,(H,24,25,26)/t16-,21+/m1/s1. The fourth-order valence-electron chi connectivity index (χ4n) is 4.26. The maximum atomic E-state index is 13.3. The van der Waals surface area contributed by atoms with Gasteiger partial charge in [-0.15, -0.1) is 0 Å². The van der Waals surface area contributed by atoms with E-state index in [4.69, 9.17) is 11.6 Å². The van der Waals surface area contributed by atoms with Gasteiger partial charge in [-0.3, -0.25) is 4.79 Å². The number of aryl methyl sites for hydroxylation is 1. The molecule has 0 saturated carbocycles. The lowest BCUT2D eigenvalue weighted by atomic mass is 9.78. The zero-order valence-electron chi connectivity index (χ0n) is 15.4. The van der Waals surface area contributed by atoms with Crippen LogP contribution in [-0.4, -0.2) is 20.5 Å². The third-order valence-electron chi connectivity index (χ3n) is 5.46. The van der Waals surface area contributed by atoms with Crippen molar-refractivity contribution >= 4 is 23.3 Å². The van der Waals surface area contributed by atoms with Crippen molar-refractivity contribution in [2.75, 3.05) is 5.32 Å². The van der Waals surface area contributed by atoms with Crippen molar-refractivity contribution in [2.45, 2.75) is 31.7 Å². The van der Waals surface area contributed by atoms with Crippen LogP contribution in [-0.2, 0) is 4.79 Å². The van der Waals surface area contributed by atoms with Crippen molar-refractivity contribution in [2.24, 2.45) is 0 Å². The van der Waals surface area contributed by atoms with Gasteiger partial charge in [-0.2, -0.15) is 10.1 Å². The fraction of sp³-hybridized carbons (Fsp3) is 0.227. The summed E-state index contributed by atoms with van der Waals surface area (Å²) in [4.78, 5) is 17.8. The zero-order valence-corrected chi connectivity index (χ0v) is 16.1. The van der Waals surface area contributed by atoms with Crippen LogP contribution in [0.2, 0.25) is 5.02 Å². The van der Waals surface area contributed by atoms with Crippen LogP contribution in [0.5, 0.6) is 0 Å². The second kappa shape index (κ2) is 6.60. The van der Waals surface area contributed by atoms with Gasteiger partial charge in [-0.05, 0) is 42.5 Å². The van der Waals surface area contributed by atoms with E-state index in [0.29, 0.717) is 23.2 Å². The molecule has 2 aliphatic rings. The van der Waals surface area contributed by atoms with Gasteiger partial charge in [-0.1, -0.05) is 54.1 Å². The number of nitrogens with zero attached hydrogens (tertiary/aromatic N) is 3.